The highest BCUT2D eigenvalue weighted by Gasteiger charge is 2.41. The first-order valence-electron chi connectivity index (χ1n) is 9.79. The number of rotatable bonds is 7. The molecule has 3 atom stereocenters. The number of carbonyl (C=O) groups excluding carboxylic acids is 2. The fourth-order valence-corrected chi connectivity index (χ4v) is 4.07. The van der Waals surface area contributed by atoms with Gasteiger partial charge < -0.3 is 20.4 Å². The fourth-order valence-electron chi connectivity index (χ4n) is 3.77. The van der Waals surface area contributed by atoms with E-state index < -0.39 is 35.1 Å². The molecule has 9 heteroatoms. The molecule has 0 aromatic heterocycles. The molecule has 2 amide bonds. The van der Waals surface area contributed by atoms with E-state index in [9.17, 15) is 29.0 Å². The van der Waals surface area contributed by atoms with Crippen LogP contribution < -0.4 is 5.32 Å². The minimum atomic E-state index is -1.12. The number of phenolic OH excluding ortho intramolecular Hbond substituents is 1. The van der Waals surface area contributed by atoms with Crippen molar-refractivity contribution in [3.63, 3.8) is 0 Å². The maximum Gasteiger partial charge on any atom is 0.326 e. The maximum absolute atomic E-state index is 13.0. The van der Waals surface area contributed by atoms with Crippen molar-refractivity contribution in [2.45, 2.75) is 36.6 Å². The fraction of sp³-hybridized carbons (Fsp3) is 0.318. The van der Waals surface area contributed by atoms with Crippen molar-refractivity contribution in [3.8, 4) is 5.75 Å². The zero-order chi connectivity index (χ0) is 22.5. The van der Waals surface area contributed by atoms with Gasteiger partial charge in [0.25, 0.3) is 0 Å². The second kappa shape index (κ2) is 9.82. The SMILES string of the molecule is O=C(NCC(=O)N1[C@@H](c2cccc(O)c2)CC[C@H]1C(=O)O)[C@@H](S)Cc1ccc(F)cc1. The summed E-state index contributed by atoms with van der Waals surface area (Å²) in [6.07, 6.45) is 0.950. The molecule has 3 rings (SSSR count). The van der Waals surface area contributed by atoms with Crippen LogP contribution in [0.3, 0.4) is 0 Å². The maximum atomic E-state index is 13.0. The van der Waals surface area contributed by atoms with E-state index in [0.717, 1.165) is 5.56 Å². The molecular weight excluding hydrogens is 423 g/mol. The molecular formula is C22H23FN2O5S. The van der Waals surface area contributed by atoms with Crippen molar-refractivity contribution in [2.75, 3.05) is 6.54 Å². The number of carboxylic acids is 1. The van der Waals surface area contributed by atoms with Gasteiger partial charge in [-0.25, -0.2) is 9.18 Å². The molecule has 7 nitrogen and oxygen atoms in total. The van der Waals surface area contributed by atoms with Gasteiger partial charge in [0, 0.05) is 0 Å². The standard InChI is InChI=1S/C22H23FN2O5S/c23-15-6-4-13(5-7-15)10-19(31)21(28)24-12-20(27)25-17(8-9-18(25)22(29)30)14-2-1-3-16(26)11-14/h1-7,11,17-19,26,31H,8-10,12H2,(H,24,28)(H,29,30)/t17-,18+,19+/m1/s1. The molecule has 2 aromatic rings. The Morgan fingerprint density at radius 3 is 2.52 bits per heavy atom. The molecule has 1 fully saturated rings. The molecule has 0 spiro atoms. The van der Waals surface area contributed by atoms with E-state index >= 15 is 0 Å². The zero-order valence-electron chi connectivity index (χ0n) is 16.6. The lowest BCUT2D eigenvalue weighted by Crippen LogP contribution is -2.47. The van der Waals surface area contributed by atoms with E-state index in [1.807, 2.05) is 0 Å². The van der Waals surface area contributed by atoms with Crippen molar-refractivity contribution in [1.29, 1.82) is 0 Å². The lowest BCUT2D eigenvalue weighted by Gasteiger charge is -2.29. The third-order valence-corrected chi connectivity index (χ3v) is 5.69. The highest BCUT2D eigenvalue weighted by Crippen LogP contribution is 2.37. The Balaban J connectivity index is 1.65. The summed E-state index contributed by atoms with van der Waals surface area (Å²) >= 11 is 4.26. The predicted molar refractivity (Wildman–Crippen MR) is 114 cm³/mol. The van der Waals surface area contributed by atoms with Crippen LogP contribution in [0.1, 0.15) is 30.0 Å². The van der Waals surface area contributed by atoms with Gasteiger partial charge >= 0.3 is 5.97 Å². The van der Waals surface area contributed by atoms with Crippen LogP contribution in [0.25, 0.3) is 0 Å². The number of aromatic hydroxyl groups is 1. The van der Waals surface area contributed by atoms with Crippen molar-refractivity contribution < 1.29 is 29.0 Å². The van der Waals surface area contributed by atoms with Gasteiger partial charge in [-0.05, 0) is 54.7 Å². The number of hydrogen-bond acceptors (Lipinski definition) is 5. The Morgan fingerprint density at radius 1 is 1.16 bits per heavy atom. The van der Waals surface area contributed by atoms with Crippen LogP contribution in [0.4, 0.5) is 4.39 Å². The first kappa shape index (κ1) is 22.6. The summed E-state index contributed by atoms with van der Waals surface area (Å²) in [4.78, 5) is 38.2. The molecule has 0 unspecified atom stereocenters. The van der Waals surface area contributed by atoms with Gasteiger partial charge in [0.05, 0.1) is 17.8 Å². The molecule has 164 valence electrons. The Hall–Kier alpha value is -3.07. The Bertz CT molecular complexity index is 969. The number of aliphatic carboxylic acids is 1. The molecule has 0 radical (unpaired) electrons. The van der Waals surface area contributed by atoms with Crippen LogP contribution >= 0.6 is 12.6 Å². The van der Waals surface area contributed by atoms with Crippen LogP contribution in [0.5, 0.6) is 5.75 Å². The molecule has 3 N–H and O–H groups in total. The number of thiol groups is 1. The minimum Gasteiger partial charge on any atom is -0.508 e. The molecule has 0 aliphatic carbocycles. The third-order valence-electron chi connectivity index (χ3n) is 5.27. The van der Waals surface area contributed by atoms with Gasteiger partial charge in [0.15, 0.2) is 0 Å². The van der Waals surface area contributed by atoms with E-state index in [-0.39, 0.29) is 31.0 Å². The summed E-state index contributed by atoms with van der Waals surface area (Å²) in [6, 6.07) is 10.5. The Labute approximate surface area is 184 Å². The van der Waals surface area contributed by atoms with E-state index in [2.05, 4.69) is 17.9 Å². The number of hydrogen-bond donors (Lipinski definition) is 4. The number of carboxylic acid groups (broad SMARTS) is 1. The molecule has 0 bridgehead atoms. The summed E-state index contributed by atoms with van der Waals surface area (Å²) in [7, 11) is 0. The topological polar surface area (TPSA) is 107 Å². The number of amides is 2. The van der Waals surface area contributed by atoms with Crippen LogP contribution in [0, 0.1) is 5.82 Å². The molecule has 2 aromatic carbocycles. The van der Waals surface area contributed by atoms with Crippen LogP contribution in [-0.4, -0.2) is 50.7 Å². The van der Waals surface area contributed by atoms with Gasteiger partial charge in [-0.15, -0.1) is 0 Å². The van der Waals surface area contributed by atoms with Crippen LogP contribution in [0.2, 0.25) is 0 Å². The van der Waals surface area contributed by atoms with Gasteiger partial charge in [0.1, 0.15) is 17.6 Å². The summed E-state index contributed by atoms with van der Waals surface area (Å²) in [6.45, 7) is -0.377. The van der Waals surface area contributed by atoms with Gasteiger partial charge in [-0.3, -0.25) is 9.59 Å². The van der Waals surface area contributed by atoms with Gasteiger partial charge in [0.2, 0.25) is 11.8 Å². The molecule has 31 heavy (non-hydrogen) atoms. The first-order valence-corrected chi connectivity index (χ1v) is 10.3. The molecule has 1 aliphatic rings. The number of likely N-dealkylation sites (tertiary alicyclic amines) is 1. The van der Waals surface area contributed by atoms with Crippen molar-refractivity contribution in [1.82, 2.24) is 10.2 Å². The van der Waals surface area contributed by atoms with Crippen molar-refractivity contribution in [2.24, 2.45) is 0 Å². The lowest BCUT2D eigenvalue weighted by molar-refractivity contribution is -0.149. The Morgan fingerprint density at radius 2 is 1.87 bits per heavy atom. The van der Waals surface area contributed by atoms with Crippen molar-refractivity contribution >= 4 is 30.4 Å². The Kier molecular flexibility index (Phi) is 7.17. The second-order valence-corrected chi connectivity index (χ2v) is 8.03. The lowest BCUT2D eigenvalue weighted by atomic mass is 10.0. The summed E-state index contributed by atoms with van der Waals surface area (Å²) in [5.74, 6) is -2.49. The quantitative estimate of drug-likeness (QED) is 0.489. The van der Waals surface area contributed by atoms with Crippen LogP contribution in [-0.2, 0) is 20.8 Å². The van der Waals surface area contributed by atoms with Gasteiger partial charge in [-0.2, -0.15) is 12.6 Å². The summed E-state index contributed by atoms with van der Waals surface area (Å²) in [5, 5.41) is 21.0. The van der Waals surface area contributed by atoms with Crippen LogP contribution in [0.15, 0.2) is 48.5 Å². The number of benzene rings is 2. The predicted octanol–water partition coefficient (Wildman–Crippen LogP) is 2.31. The third kappa shape index (κ3) is 5.55. The first-order chi connectivity index (χ1) is 14.8. The summed E-state index contributed by atoms with van der Waals surface area (Å²) < 4.78 is 13.0. The number of phenols is 1. The highest BCUT2D eigenvalue weighted by molar-refractivity contribution is 7.81. The number of carbonyl (C=O) groups is 3. The minimum absolute atomic E-state index is 0.0238. The van der Waals surface area contributed by atoms with E-state index in [1.165, 1.54) is 29.2 Å². The average molecular weight is 447 g/mol. The number of nitrogens with one attached hydrogen (secondary N) is 1. The molecule has 0 saturated carbocycles. The largest absolute Gasteiger partial charge is 0.508 e. The molecule has 1 heterocycles. The zero-order valence-corrected chi connectivity index (χ0v) is 17.5. The smallest absolute Gasteiger partial charge is 0.326 e. The van der Waals surface area contributed by atoms with Crippen molar-refractivity contribution in [3.05, 3.63) is 65.5 Å². The van der Waals surface area contributed by atoms with Gasteiger partial charge in [-0.1, -0.05) is 24.3 Å². The molecule has 1 saturated heterocycles. The normalized spacial score (nSPS) is 19.1. The highest BCUT2D eigenvalue weighted by atomic mass is 32.1. The average Bonchev–Trinajstić information content (AvgIpc) is 3.19. The van der Waals surface area contributed by atoms with E-state index in [1.54, 1.807) is 24.3 Å². The van der Waals surface area contributed by atoms with E-state index in [4.69, 9.17) is 0 Å². The monoisotopic (exact) mass is 446 g/mol. The second-order valence-electron chi connectivity index (χ2n) is 7.41. The number of halogens is 1. The summed E-state index contributed by atoms with van der Waals surface area (Å²) in [5.41, 5.74) is 1.35. The number of nitrogens with zero attached hydrogens (tertiary/aromatic N) is 1. The molecule has 1 aliphatic heterocycles. The van der Waals surface area contributed by atoms with E-state index in [0.29, 0.717) is 12.0 Å².